The van der Waals surface area contributed by atoms with E-state index in [9.17, 15) is 0 Å². The van der Waals surface area contributed by atoms with Gasteiger partial charge in [-0.3, -0.25) is 0 Å². The Hall–Kier alpha value is -1.54. The summed E-state index contributed by atoms with van der Waals surface area (Å²) in [5.74, 6) is 0.984. The van der Waals surface area contributed by atoms with Gasteiger partial charge in [-0.2, -0.15) is 0 Å². The van der Waals surface area contributed by atoms with E-state index in [4.69, 9.17) is 4.74 Å². The molecule has 0 bridgehead atoms. The summed E-state index contributed by atoms with van der Waals surface area (Å²) in [6, 6.07) is 14.7. The summed E-state index contributed by atoms with van der Waals surface area (Å²) in [4.78, 5) is 2.48. The molecule has 0 aromatic heterocycles. The van der Waals surface area contributed by atoms with E-state index in [0.29, 0.717) is 0 Å². The number of nitrogens with zero attached hydrogens (tertiary/aromatic N) is 1. The third kappa shape index (κ3) is 5.05. The summed E-state index contributed by atoms with van der Waals surface area (Å²) in [6.45, 7) is 8.80. The average Bonchev–Trinajstić information content (AvgIpc) is 2.54. The molecule has 0 N–H and O–H groups in total. The molecule has 0 spiro atoms. The first-order valence-corrected chi connectivity index (χ1v) is 8.17. The van der Waals surface area contributed by atoms with Gasteiger partial charge in [-0.1, -0.05) is 44.2 Å². The van der Waals surface area contributed by atoms with Gasteiger partial charge in [0.25, 0.3) is 0 Å². The lowest BCUT2D eigenvalue weighted by Crippen LogP contribution is -2.23. The molecule has 0 amide bonds. The van der Waals surface area contributed by atoms with E-state index in [1.165, 1.54) is 30.2 Å². The molecule has 2 aromatic rings. The smallest absolute Gasteiger partial charge is 0.119 e. The molecule has 0 unspecified atom stereocenters. The number of benzene rings is 2. The first kappa shape index (κ1) is 15.8. The monoisotopic (exact) mass is 285 g/mol. The minimum Gasteiger partial charge on any atom is -0.494 e. The molecular formula is C19H27NO. The van der Waals surface area contributed by atoms with Crippen LogP contribution in [0, 0.1) is 0 Å². The van der Waals surface area contributed by atoms with E-state index in [1.54, 1.807) is 0 Å². The molecule has 0 fully saturated rings. The van der Waals surface area contributed by atoms with Crippen molar-refractivity contribution in [2.24, 2.45) is 0 Å². The molecule has 0 saturated carbocycles. The van der Waals surface area contributed by atoms with Gasteiger partial charge >= 0.3 is 0 Å². The molecule has 2 heteroatoms. The lowest BCUT2D eigenvalue weighted by Gasteiger charge is -2.17. The number of unbranched alkanes of at least 4 members (excludes halogenated alkanes) is 2. The summed E-state index contributed by atoms with van der Waals surface area (Å²) < 4.78 is 5.86. The molecule has 0 aliphatic heterocycles. The van der Waals surface area contributed by atoms with Crippen LogP contribution in [0.4, 0.5) is 0 Å². The molecule has 2 rings (SSSR count). The second-order valence-corrected chi connectivity index (χ2v) is 5.44. The Kier molecular flexibility index (Phi) is 6.55. The van der Waals surface area contributed by atoms with Crippen LogP contribution in [0.3, 0.4) is 0 Å². The van der Waals surface area contributed by atoms with Gasteiger partial charge in [0.2, 0.25) is 0 Å². The van der Waals surface area contributed by atoms with E-state index in [0.717, 1.165) is 31.9 Å². The standard InChI is InChI=1S/C19H27NO/c1-3-20(4-2)14-8-5-9-15-21-19-13-12-17-10-6-7-11-18(17)16-19/h6-7,10-13,16H,3-5,8-9,14-15H2,1-2H3. The summed E-state index contributed by atoms with van der Waals surface area (Å²) in [6.07, 6.45) is 3.64. The van der Waals surface area contributed by atoms with Crippen molar-refractivity contribution in [3.8, 4) is 5.75 Å². The zero-order valence-corrected chi connectivity index (χ0v) is 13.3. The third-order valence-electron chi connectivity index (χ3n) is 4.00. The normalized spacial score (nSPS) is 11.2. The minimum atomic E-state index is 0.816. The van der Waals surface area contributed by atoms with Gasteiger partial charge in [0.1, 0.15) is 5.75 Å². The third-order valence-corrected chi connectivity index (χ3v) is 4.00. The number of ether oxygens (including phenoxy) is 1. The van der Waals surface area contributed by atoms with Crippen LogP contribution in [-0.2, 0) is 0 Å². The van der Waals surface area contributed by atoms with Crippen LogP contribution in [0.25, 0.3) is 10.8 Å². The number of hydrogen-bond acceptors (Lipinski definition) is 2. The van der Waals surface area contributed by atoms with E-state index in [1.807, 2.05) is 0 Å². The van der Waals surface area contributed by atoms with Gasteiger partial charge in [-0.05, 0) is 61.8 Å². The average molecular weight is 285 g/mol. The highest BCUT2D eigenvalue weighted by molar-refractivity contribution is 5.83. The van der Waals surface area contributed by atoms with Gasteiger partial charge in [0.05, 0.1) is 6.61 Å². The van der Waals surface area contributed by atoms with Gasteiger partial charge in [0, 0.05) is 0 Å². The van der Waals surface area contributed by atoms with Crippen molar-refractivity contribution >= 4 is 10.8 Å². The quantitative estimate of drug-likeness (QED) is 0.618. The topological polar surface area (TPSA) is 12.5 Å². The Bertz CT molecular complexity index is 534. The highest BCUT2D eigenvalue weighted by Crippen LogP contribution is 2.20. The molecule has 2 nitrogen and oxygen atoms in total. The largest absolute Gasteiger partial charge is 0.494 e. The van der Waals surface area contributed by atoms with Crippen LogP contribution in [0.15, 0.2) is 42.5 Å². The molecule has 0 saturated heterocycles. The maximum atomic E-state index is 5.86. The van der Waals surface area contributed by atoms with Crippen LogP contribution >= 0.6 is 0 Å². The lowest BCUT2D eigenvalue weighted by molar-refractivity contribution is 0.277. The Morgan fingerprint density at radius 3 is 2.38 bits per heavy atom. The Labute approximate surface area is 128 Å². The second kappa shape index (κ2) is 8.68. The first-order chi connectivity index (χ1) is 10.3. The van der Waals surface area contributed by atoms with Crippen molar-refractivity contribution in [3.63, 3.8) is 0 Å². The van der Waals surface area contributed by atoms with Gasteiger partial charge in [-0.25, -0.2) is 0 Å². The Morgan fingerprint density at radius 1 is 0.857 bits per heavy atom. The molecule has 0 atom stereocenters. The fourth-order valence-corrected chi connectivity index (χ4v) is 2.60. The van der Waals surface area contributed by atoms with Crippen LogP contribution in [0.5, 0.6) is 5.75 Å². The van der Waals surface area contributed by atoms with Crippen LogP contribution in [0.2, 0.25) is 0 Å². The highest BCUT2D eigenvalue weighted by atomic mass is 16.5. The van der Waals surface area contributed by atoms with Crippen molar-refractivity contribution in [1.82, 2.24) is 4.90 Å². The SMILES string of the molecule is CCN(CC)CCCCCOc1ccc2ccccc2c1. The number of hydrogen-bond donors (Lipinski definition) is 0. The minimum absolute atomic E-state index is 0.816. The van der Waals surface area contributed by atoms with Gasteiger partial charge in [0.15, 0.2) is 0 Å². The second-order valence-electron chi connectivity index (χ2n) is 5.44. The van der Waals surface area contributed by atoms with Crippen molar-refractivity contribution < 1.29 is 4.74 Å². The molecule has 21 heavy (non-hydrogen) atoms. The Balaban J connectivity index is 1.68. The lowest BCUT2D eigenvalue weighted by atomic mass is 10.1. The van der Waals surface area contributed by atoms with Crippen LogP contribution in [-0.4, -0.2) is 31.1 Å². The maximum absolute atomic E-state index is 5.86. The summed E-state index contributed by atoms with van der Waals surface area (Å²) in [5.41, 5.74) is 0. The van der Waals surface area contributed by atoms with Gasteiger partial charge < -0.3 is 9.64 Å². The van der Waals surface area contributed by atoms with E-state index >= 15 is 0 Å². The predicted molar refractivity (Wildman–Crippen MR) is 91.1 cm³/mol. The molecular weight excluding hydrogens is 258 g/mol. The fourth-order valence-electron chi connectivity index (χ4n) is 2.60. The van der Waals surface area contributed by atoms with Gasteiger partial charge in [-0.15, -0.1) is 0 Å². The Morgan fingerprint density at radius 2 is 1.62 bits per heavy atom. The first-order valence-electron chi connectivity index (χ1n) is 8.17. The molecule has 114 valence electrons. The number of fused-ring (bicyclic) bond motifs is 1. The molecule has 0 aliphatic rings. The molecule has 0 heterocycles. The van der Waals surface area contributed by atoms with Crippen molar-refractivity contribution in [2.75, 3.05) is 26.2 Å². The summed E-state index contributed by atoms with van der Waals surface area (Å²) >= 11 is 0. The van der Waals surface area contributed by atoms with Crippen LogP contribution < -0.4 is 4.74 Å². The van der Waals surface area contributed by atoms with Crippen molar-refractivity contribution in [2.45, 2.75) is 33.1 Å². The highest BCUT2D eigenvalue weighted by Gasteiger charge is 1.99. The molecule has 2 aromatic carbocycles. The zero-order valence-electron chi connectivity index (χ0n) is 13.3. The maximum Gasteiger partial charge on any atom is 0.119 e. The summed E-state index contributed by atoms with van der Waals surface area (Å²) in [7, 11) is 0. The van der Waals surface area contributed by atoms with Crippen molar-refractivity contribution in [3.05, 3.63) is 42.5 Å². The zero-order chi connectivity index (χ0) is 14.9. The predicted octanol–water partition coefficient (Wildman–Crippen LogP) is 4.73. The van der Waals surface area contributed by atoms with E-state index in [2.05, 4.69) is 61.2 Å². The van der Waals surface area contributed by atoms with Crippen molar-refractivity contribution in [1.29, 1.82) is 0 Å². The van der Waals surface area contributed by atoms with Crippen LogP contribution in [0.1, 0.15) is 33.1 Å². The molecule has 0 aliphatic carbocycles. The fraction of sp³-hybridized carbons (Fsp3) is 0.474. The summed E-state index contributed by atoms with van der Waals surface area (Å²) in [5, 5.41) is 2.51. The van der Waals surface area contributed by atoms with E-state index in [-0.39, 0.29) is 0 Å². The van der Waals surface area contributed by atoms with E-state index < -0.39 is 0 Å². The molecule has 0 radical (unpaired) electrons. The number of rotatable bonds is 9.